The van der Waals surface area contributed by atoms with Crippen molar-refractivity contribution in [2.75, 3.05) is 47.2 Å². The zero-order valence-electron chi connectivity index (χ0n) is 23.6. The number of fused-ring (bicyclic) bond motifs is 1. The Balaban J connectivity index is 1.30. The Bertz CT molecular complexity index is 1650. The molecule has 10 heteroatoms. The van der Waals surface area contributed by atoms with Gasteiger partial charge in [-0.25, -0.2) is 0 Å². The molecule has 0 aliphatic carbocycles. The van der Waals surface area contributed by atoms with E-state index >= 15 is 0 Å². The first-order valence-electron chi connectivity index (χ1n) is 13.9. The maximum absolute atomic E-state index is 13.2. The van der Waals surface area contributed by atoms with Crippen molar-refractivity contribution in [3.63, 3.8) is 0 Å². The van der Waals surface area contributed by atoms with Gasteiger partial charge in [-0.05, 0) is 49.0 Å². The number of ether oxygens (including phenoxy) is 3. The zero-order chi connectivity index (χ0) is 29.2. The van der Waals surface area contributed by atoms with Gasteiger partial charge in [-0.2, -0.15) is 5.26 Å². The van der Waals surface area contributed by atoms with E-state index in [1.165, 1.54) is 0 Å². The van der Waals surface area contributed by atoms with Crippen LogP contribution >= 0.6 is 0 Å². The minimum absolute atomic E-state index is 0.00331. The molecule has 2 saturated heterocycles. The number of aliphatic hydroxyl groups is 1. The van der Waals surface area contributed by atoms with E-state index in [-0.39, 0.29) is 24.7 Å². The fourth-order valence-electron chi connectivity index (χ4n) is 5.55. The van der Waals surface area contributed by atoms with Crippen LogP contribution in [0.5, 0.6) is 11.5 Å². The highest BCUT2D eigenvalue weighted by atomic mass is 16.5. The van der Waals surface area contributed by atoms with Crippen LogP contribution in [0.25, 0.3) is 33.6 Å². The van der Waals surface area contributed by atoms with Crippen molar-refractivity contribution in [2.45, 2.75) is 25.0 Å². The van der Waals surface area contributed by atoms with Gasteiger partial charge in [-0.15, -0.1) is 0 Å². The zero-order valence-corrected chi connectivity index (χ0v) is 23.6. The number of amides is 1. The second-order valence-corrected chi connectivity index (χ2v) is 10.6. The Labute approximate surface area is 243 Å². The smallest absolute Gasteiger partial charge is 0.255 e. The number of nitrogens with zero attached hydrogens (tertiary/aromatic N) is 4. The summed E-state index contributed by atoms with van der Waals surface area (Å²) in [5, 5.41) is 19.4. The number of furan rings is 1. The summed E-state index contributed by atoms with van der Waals surface area (Å²) in [6, 6.07) is 16.7. The molecule has 6 rings (SSSR count). The number of likely N-dealkylation sites (N-methyl/N-ethyl adjacent to an activating group) is 1. The molecule has 1 N–H and O–H groups in total. The molecule has 0 saturated carbocycles. The first-order chi connectivity index (χ1) is 20.5. The second-order valence-electron chi connectivity index (χ2n) is 10.6. The van der Waals surface area contributed by atoms with Gasteiger partial charge >= 0.3 is 0 Å². The summed E-state index contributed by atoms with van der Waals surface area (Å²) in [5.74, 6) is 1.47. The van der Waals surface area contributed by atoms with Gasteiger partial charge in [-0.1, -0.05) is 6.07 Å². The number of rotatable bonds is 7. The SMILES string of the molecule is COc1cc(C(=O)N2CC(CO)N(C)C2)ccc1-c1cc2nccc(-c3ccc(OC4CCOCC4)c(C#N)c3)c2o1. The van der Waals surface area contributed by atoms with Gasteiger partial charge < -0.3 is 28.6 Å². The molecular weight excluding hydrogens is 536 g/mol. The number of carbonyl (C=O) groups is 1. The molecule has 1 unspecified atom stereocenters. The average Bonchev–Trinajstić information content (AvgIpc) is 3.64. The van der Waals surface area contributed by atoms with Crippen LogP contribution in [0.15, 0.2) is 59.1 Å². The lowest BCUT2D eigenvalue weighted by Crippen LogP contribution is -2.30. The Kier molecular flexibility index (Phi) is 7.80. The van der Waals surface area contributed by atoms with Crippen molar-refractivity contribution in [3.8, 4) is 40.0 Å². The highest BCUT2D eigenvalue weighted by Gasteiger charge is 2.31. The molecular formula is C32H32N4O6. The molecule has 0 bridgehead atoms. The topological polar surface area (TPSA) is 121 Å². The van der Waals surface area contributed by atoms with Crippen LogP contribution < -0.4 is 9.47 Å². The average molecular weight is 569 g/mol. The number of methoxy groups -OCH3 is 1. The maximum Gasteiger partial charge on any atom is 0.255 e. The van der Waals surface area contributed by atoms with Crippen molar-refractivity contribution in [2.24, 2.45) is 0 Å². The summed E-state index contributed by atoms with van der Waals surface area (Å²) in [7, 11) is 3.44. The van der Waals surface area contributed by atoms with Crippen LogP contribution in [0.2, 0.25) is 0 Å². The monoisotopic (exact) mass is 568 g/mol. The van der Waals surface area contributed by atoms with Crippen molar-refractivity contribution in [3.05, 3.63) is 65.9 Å². The number of nitriles is 1. The Morgan fingerprint density at radius 1 is 1.12 bits per heavy atom. The molecule has 2 aliphatic heterocycles. The minimum atomic E-state index is -0.131. The van der Waals surface area contributed by atoms with E-state index in [0.717, 1.165) is 24.0 Å². The van der Waals surface area contributed by atoms with Crippen molar-refractivity contribution < 1.29 is 28.5 Å². The molecule has 216 valence electrons. The molecule has 2 fully saturated rings. The predicted octanol–water partition coefficient (Wildman–Crippen LogP) is 4.31. The lowest BCUT2D eigenvalue weighted by Gasteiger charge is -2.23. The molecule has 10 nitrogen and oxygen atoms in total. The molecule has 0 radical (unpaired) electrons. The van der Waals surface area contributed by atoms with E-state index in [1.54, 1.807) is 30.3 Å². The summed E-state index contributed by atoms with van der Waals surface area (Å²) in [6.07, 6.45) is 3.33. The van der Waals surface area contributed by atoms with Gasteiger partial charge in [0.25, 0.3) is 5.91 Å². The molecule has 2 aromatic carbocycles. The lowest BCUT2D eigenvalue weighted by molar-refractivity contribution is 0.0254. The third-order valence-corrected chi connectivity index (χ3v) is 7.95. The fraction of sp³-hybridized carbons (Fsp3) is 0.344. The molecule has 1 amide bonds. The third-order valence-electron chi connectivity index (χ3n) is 7.95. The van der Waals surface area contributed by atoms with E-state index in [2.05, 4.69) is 11.1 Å². The molecule has 2 aromatic heterocycles. The number of hydrogen-bond donors (Lipinski definition) is 1. The molecule has 42 heavy (non-hydrogen) atoms. The van der Waals surface area contributed by atoms with Gasteiger partial charge in [0.2, 0.25) is 0 Å². The summed E-state index contributed by atoms with van der Waals surface area (Å²) in [6.45, 7) is 2.22. The van der Waals surface area contributed by atoms with Crippen LogP contribution in [0.3, 0.4) is 0 Å². The van der Waals surface area contributed by atoms with Crippen molar-refractivity contribution in [1.29, 1.82) is 5.26 Å². The standard InChI is InChI=1S/C32H32N4O6/c1-35-19-36(17-23(35)18-37)32(38)21-3-5-26(29(14-21)39-2)30-15-27-31(42-30)25(7-10-34-27)20-4-6-28(22(13-20)16-33)41-24-8-11-40-12-9-24/h3-7,10,13-15,23-24,37H,8-9,11-12,17-19H2,1-2H3. The number of carbonyl (C=O) groups excluding carboxylic acids is 1. The van der Waals surface area contributed by atoms with E-state index in [9.17, 15) is 15.2 Å². The van der Waals surface area contributed by atoms with Crippen molar-refractivity contribution in [1.82, 2.24) is 14.8 Å². The largest absolute Gasteiger partial charge is 0.496 e. The van der Waals surface area contributed by atoms with Crippen LogP contribution in [0.1, 0.15) is 28.8 Å². The Morgan fingerprint density at radius 2 is 1.95 bits per heavy atom. The molecule has 4 heterocycles. The van der Waals surface area contributed by atoms with E-state index in [0.29, 0.717) is 71.5 Å². The molecule has 1 atom stereocenters. The summed E-state index contributed by atoms with van der Waals surface area (Å²) < 4.78 is 23.6. The highest BCUT2D eigenvalue weighted by Crippen LogP contribution is 2.38. The maximum atomic E-state index is 13.2. The highest BCUT2D eigenvalue weighted by molar-refractivity contribution is 5.97. The number of hydrogen-bond acceptors (Lipinski definition) is 9. The number of aromatic nitrogens is 1. The van der Waals surface area contributed by atoms with Crippen LogP contribution in [0.4, 0.5) is 0 Å². The molecule has 0 spiro atoms. The second kappa shape index (κ2) is 11.8. The summed E-state index contributed by atoms with van der Waals surface area (Å²) in [5.41, 5.74) is 4.46. The summed E-state index contributed by atoms with van der Waals surface area (Å²) >= 11 is 0. The predicted molar refractivity (Wildman–Crippen MR) is 155 cm³/mol. The normalized spacial score (nSPS) is 17.9. The lowest BCUT2D eigenvalue weighted by atomic mass is 10.0. The Morgan fingerprint density at radius 3 is 2.69 bits per heavy atom. The first kappa shape index (κ1) is 27.7. The van der Waals surface area contributed by atoms with Crippen molar-refractivity contribution >= 4 is 17.0 Å². The van der Waals surface area contributed by atoms with Gasteiger partial charge in [0.05, 0.1) is 50.8 Å². The van der Waals surface area contributed by atoms with Gasteiger partial charge in [0, 0.05) is 42.8 Å². The third kappa shape index (κ3) is 5.30. The first-order valence-corrected chi connectivity index (χ1v) is 13.9. The fourth-order valence-corrected chi connectivity index (χ4v) is 5.55. The molecule has 4 aromatic rings. The van der Waals surface area contributed by atoms with Gasteiger partial charge in [0.15, 0.2) is 5.58 Å². The van der Waals surface area contributed by atoms with E-state index in [4.69, 9.17) is 18.6 Å². The number of aliphatic hydroxyl groups excluding tert-OH is 1. The van der Waals surface area contributed by atoms with Crippen LogP contribution in [0, 0.1) is 11.3 Å². The van der Waals surface area contributed by atoms with Crippen LogP contribution in [-0.4, -0.2) is 85.1 Å². The van der Waals surface area contributed by atoms with E-state index in [1.807, 2.05) is 48.3 Å². The number of pyridine rings is 1. The summed E-state index contributed by atoms with van der Waals surface area (Å²) in [4.78, 5) is 21.4. The number of benzene rings is 2. The Hall–Kier alpha value is -4.43. The van der Waals surface area contributed by atoms with Gasteiger partial charge in [-0.3, -0.25) is 14.7 Å². The van der Waals surface area contributed by atoms with Gasteiger partial charge in [0.1, 0.15) is 34.9 Å². The van der Waals surface area contributed by atoms with Crippen LogP contribution in [-0.2, 0) is 4.74 Å². The van der Waals surface area contributed by atoms with E-state index < -0.39 is 0 Å². The molecule has 2 aliphatic rings. The quantitative estimate of drug-likeness (QED) is 0.348. The minimum Gasteiger partial charge on any atom is -0.496 e.